The van der Waals surface area contributed by atoms with Gasteiger partial charge in [-0.2, -0.15) is 0 Å². The van der Waals surface area contributed by atoms with E-state index in [-0.39, 0.29) is 12.5 Å². The molecule has 2 aromatic heterocycles. The first kappa shape index (κ1) is 19.4. The number of nitrogens with zero attached hydrogens (tertiary/aromatic N) is 4. The van der Waals surface area contributed by atoms with Crippen LogP contribution in [0.25, 0.3) is 11.0 Å². The summed E-state index contributed by atoms with van der Waals surface area (Å²) in [5, 5.41) is 6.68. The van der Waals surface area contributed by atoms with Crippen LogP contribution in [0.4, 0.5) is 11.8 Å². The molecule has 1 aliphatic heterocycles. The summed E-state index contributed by atoms with van der Waals surface area (Å²) < 4.78 is 5.46. The molecule has 4 rings (SSSR count). The van der Waals surface area contributed by atoms with Crippen LogP contribution in [0.5, 0.6) is 5.75 Å². The van der Waals surface area contributed by atoms with Crippen LogP contribution in [0.2, 0.25) is 5.02 Å². The standard InChI is InChI=1S/C20H21ClN6O2/c1-13-19-16(24-20(23-13)27-10-8-22-9-11-27)6-7-17(26-19)25-18(28)12-29-15-4-2-14(21)3-5-15/h2-7,22H,8-12H2,1H3,(H,25,26,28). The van der Waals surface area contributed by atoms with Crippen LogP contribution in [-0.2, 0) is 4.79 Å². The molecular weight excluding hydrogens is 392 g/mol. The van der Waals surface area contributed by atoms with Gasteiger partial charge in [0.05, 0.1) is 11.2 Å². The van der Waals surface area contributed by atoms with Gasteiger partial charge in [0.15, 0.2) is 6.61 Å². The Morgan fingerprint density at radius 3 is 2.66 bits per heavy atom. The third kappa shape index (κ3) is 4.72. The summed E-state index contributed by atoms with van der Waals surface area (Å²) in [5.41, 5.74) is 2.19. The number of fused-ring (bicyclic) bond motifs is 1. The van der Waals surface area contributed by atoms with Gasteiger partial charge < -0.3 is 20.3 Å². The summed E-state index contributed by atoms with van der Waals surface area (Å²) in [6, 6.07) is 10.4. The zero-order chi connectivity index (χ0) is 20.2. The number of carbonyl (C=O) groups excluding carboxylic acids is 1. The minimum atomic E-state index is -0.303. The maximum atomic E-state index is 12.2. The topological polar surface area (TPSA) is 92.3 Å². The first-order valence-corrected chi connectivity index (χ1v) is 9.75. The average Bonchev–Trinajstić information content (AvgIpc) is 2.74. The quantitative estimate of drug-likeness (QED) is 0.664. The van der Waals surface area contributed by atoms with Crippen molar-refractivity contribution in [3.8, 4) is 5.75 Å². The van der Waals surface area contributed by atoms with E-state index in [1.165, 1.54) is 0 Å². The summed E-state index contributed by atoms with van der Waals surface area (Å²) in [5.74, 6) is 1.42. The van der Waals surface area contributed by atoms with E-state index in [0.29, 0.717) is 28.1 Å². The Balaban J connectivity index is 1.44. The van der Waals surface area contributed by atoms with E-state index in [9.17, 15) is 4.79 Å². The Labute approximate surface area is 173 Å². The van der Waals surface area contributed by atoms with Gasteiger partial charge in [-0.3, -0.25) is 4.79 Å². The van der Waals surface area contributed by atoms with Gasteiger partial charge in [-0.15, -0.1) is 0 Å². The van der Waals surface area contributed by atoms with Gasteiger partial charge in [-0.25, -0.2) is 15.0 Å². The Hall–Kier alpha value is -2.97. The number of hydrogen-bond donors (Lipinski definition) is 2. The number of hydrogen-bond acceptors (Lipinski definition) is 7. The predicted octanol–water partition coefficient (Wildman–Crippen LogP) is 2.41. The minimum Gasteiger partial charge on any atom is -0.484 e. The highest BCUT2D eigenvalue weighted by atomic mass is 35.5. The van der Waals surface area contributed by atoms with Crippen LogP contribution < -0.4 is 20.3 Å². The summed E-state index contributed by atoms with van der Waals surface area (Å²) >= 11 is 5.84. The van der Waals surface area contributed by atoms with Crippen molar-refractivity contribution in [2.45, 2.75) is 6.92 Å². The van der Waals surface area contributed by atoms with E-state index in [2.05, 4.69) is 30.5 Å². The van der Waals surface area contributed by atoms with Crippen LogP contribution in [0.15, 0.2) is 36.4 Å². The van der Waals surface area contributed by atoms with Crippen molar-refractivity contribution in [1.29, 1.82) is 0 Å². The number of nitrogens with one attached hydrogen (secondary N) is 2. The summed E-state index contributed by atoms with van der Waals surface area (Å²) in [4.78, 5) is 28.1. The zero-order valence-electron chi connectivity index (χ0n) is 16.0. The van der Waals surface area contributed by atoms with E-state index in [4.69, 9.17) is 16.3 Å². The van der Waals surface area contributed by atoms with Gasteiger partial charge in [0, 0.05) is 31.2 Å². The molecule has 1 saturated heterocycles. The lowest BCUT2D eigenvalue weighted by Gasteiger charge is -2.27. The van der Waals surface area contributed by atoms with E-state index in [1.807, 2.05) is 13.0 Å². The largest absolute Gasteiger partial charge is 0.484 e. The molecule has 1 aromatic carbocycles. The molecule has 0 atom stereocenters. The van der Waals surface area contributed by atoms with E-state index >= 15 is 0 Å². The number of amides is 1. The number of benzene rings is 1. The van der Waals surface area contributed by atoms with Crippen molar-refractivity contribution in [2.75, 3.05) is 43.0 Å². The number of ether oxygens (including phenoxy) is 1. The fourth-order valence-corrected chi connectivity index (χ4v) is 3.20. The lowest BCUT2D eigenvalue weighted by atomic mass is 10.3. The van der Waals surface area contributed by atoms with Gasteiger partial charge in [-0.05, 0) is 43.3 Å². The highest BCUT2D eigenvalue weighted by Gasteiger charge is 2.16. The predicted molar refractivity (Wildman–Crippen MR) is 113 cm³/mol. The van der Waals surface area contributed by atoms with Gasteiger partial charge in [0.25, 0.3) is 5.91 Å². The van der Waals surface area contributed by atoms with Crippen molar-refractivity contribution >= 4 is 40.3 Å². The molecule has 0 spiro atoms. The average molecular weight is 413 g/mol. The molecule has 1 amide bonds. The van der Waals surface area contributed by atoms with Crippen LogP contribution in [0.3, 0.4) is 0 Å². The highest BCUT2D eigenvalue weighted by Crippen LogP contribution is 2.20. The SMILES string of the molecule is Cc1nc(N2CCNCC2)nc2ccc(NC(=O)COc3ccc(Cl)cc3)nc12. The normalized spacial score (nSPS) is 14.1. The lowest BCUT2D eigenvalue weighted by Crippen LogP contribution is -2.44. The van der Waals surface area contributed by atoms with Crippen LogP contribution in [0, 0.1) is 6.92 Å². The maximum Gasteiger partial charge on any atom is 0.263 e. The highest BCUT2D eigenvalue weighted by molar-refractivity contribution is 6.30. The fraction of sp³-hybridized carbons (Fsp3) is 0.300. The molecule has 0 radical (unpaired) electrons. The minimum absolute atomic E-state index is 0.126. The molecule has 0 saturated carbocycles. The molecule has 29 heavy (non-hydrogen) atoms. The van der Waals surface area contributed by atoms with Crippen LogP contribution in [-0.4, -0.2) is 53.6 Å². The molecule has 150 valence electrons. The van der Waals surface area contributed by atoms with Gasteiger partial charge in [-0.1, -0.05) is 11.6 Å². The number of halogens is 1. The molecule has 0 bridgehead atoms. The van der Waals surface area contributed by atoms with E-state index in [1.54, 1.807) is 30.3 Å². The number of aryl methyl sites for hydroxylation is 1. The molecule has 0 aliphatic carbocycles. The number of piperazine rings is 1. The number of pyridine rings is 1. The molecular formula is C20H21ClN6O2. The summed E-state index contributed by atoms with van der Waals surface area (Å²) in [7, 11) is 0. The molecule has 3 heterocycles. The molecule has 1 fully saturated rings. The fourth-order valence-electron chi connectivity index (χ4n) is 3.08. The Morgan fingerprint density at radius 1 is 1.14 bits per heavy atom. The molecule has 2 N–H and O–H groups in total. The molecule has 1 aliphatic rings. The van der Waals surface area contributed by atoms with Crippen molar-refractivity contribution < 1.29 is 9.53 Å². The zero-order valence-corrected chi connectivity index (χ0v) is 16.7. The van der Waals surface area contributed by atoms with Crippen LogP contribution in [0.1, 0.15) is 5.69 Å². The van der Waals surface area contributed by atoms with E-state index in [0.717, 1.165) is 37.4 Å². The Morgan fingerprint density at radius 2 is 1.90 bits per heavy atom. The second-order valence-corrected chi connectivity index (χ2v) is 7.14. The number of aromatic nitrogens is 3. The molecule has 8 nitrogen and oxygen atoms in total. The second-order valence-electron chi connectivity index (χ2n) is 6.70. The van der Waals surface area contributed by atoms with E-state index < -0.39 is 0 Å². The molecule has 9 heteroatoms. The van der Waals surface area contributed by atoms with Crippen molar-refractivity contribution in [3.05, 3.63) is 47.1 Å². The first-order valence-electron chi connectivity index (χ1n) is 9.38. The van der Waals surface area contributed by atoms with Gasteiger partial charge >= 0.3 is 0 Å². The maximum absolute atomic E-state index is 12.2. The first-order chi connectivity index (χ1) is 14.1. The number of carbonyl (C=O) groups is 1. The lowest BCUT2D eigenvalue weighted by molar-refractivity contribution is -0.118. The number of rotatable bonds is 5. The third-order valence-electron chi connectivity index (χ3n) is 4.56. The summed E-state index contributed by atoms with van der Waals surface area (Å²) in [6.45, 7) is 5.36. The van der Waals surface area contributed by atoms with Crippen molar-refractivity contribution in [1.82, 2.24) is 20.3 Å². The number of anilines is 2. The van der Waals surface area contributed by atoms with Crippen molar-refractivity contribution in [2.24, 2.45) is 0 Å². The summed E-state index contributed by atoms with van der Waals surface area (Å²) in [6.07, 6.45) is 0. The Bertz CT molecular complexity index is 1020. The van der Waals surface area contributed by atoms with Gasteiger partial charge in [0.1, 0.15) is 17.1 Å². The van der Waals surface area contributed by atoms with Crippen molar-refractivity contribution in [3.63, 3.8) is 0 Å². The smallest absolute Gasteiger partial charge is 0.263 e. The van der Waals surface area contributed by atoms with Crippen LogP contribution >= 0.6 is 11.6 Å². The third-order valence-corrected chi connectivity index (χ3v) is 4.81. The monoisotopic (exact) mass is 412 g/mol. The second kappa shape index (κ2) is 8.59. The molecule has 0 unspecified atom stereocenters. The van der Waals surface area contributed by atoms with Gasteiger partial charge in [0.2, 0.25) is 5.95 Å². The molecule has 3 aromatic rings. The Kier molecular flexibility index (Phi) is 5.73.